The monoisotopic (exact) mass is 616 g/mol. The minimum atomic E-state index is -4.10. The molecular weight excluding hydrogens is 581 g/mol. The van der Waals surface area contributed by atoms with Gasteiger partial charge in [-0.2, -0.15) is 16.8 Å². The third-order valence-electron chi connectivity index (χ3n) is 7.16. The number of allylic oxidation sites excluding steroid dienone is 2. The Morgan fingerprint density at radius 2 is 0.907 bits per heavy atom. The van der Waals surface area contributed by atoms with E-state index in [2.05, 4.69) is 0 Å². The van der Waals surface area contributed by atoms with Gasteiger partial charge in [-0.25, -0.2) is 0 Å². The Balaban J connectivity index is 1.83. The molecule has 0 atom stereocenters. The molecule has 0 aromatic heterocycles. The zero-order valence-electron chi connectivity index (χ0n) is 25.2. The maximum atomic E-state index is 13.2. The molecule has 0 N–H and O–H groups in total. The lowest BCUT2D eigenvalue weighted by Crippen LogP contribution is -2.23. The summed E-state index contributed by atoms with van der Waals surface area (Å²) in [5.41, 5.74) is 3.88. The van der Waals surface area contributed by atoms with Crippen LogP contribution in [0.4, 0.5) is 0 Å². The minimum absolute atomic E-state index is 0.0594. The van der Waals surface area contributed by atoms with Gasteiger partial charge in [0.25, 0.3) is 0 Å². The molecule has 0 bridgehead atoms. The van der Waals surface area contributed by atoms with Crippen LogP contribution in [0, 0.1) is 13.8 Å². The van der Waals surface area contributed by atoms with Crippen molar-refractivity contribution in [3.8, 4) is 11.5 Å². The summed E-state index contributed by atoms with van der Waals surface area (Å²) in [4.78, 5) is 0.119. The molecule has 8 heteroatoms. The summed E-state index contributed by atoms with van der Waals surface area (Å²) in [5.74, 6) is 0.373. The fraction of sp³-hybridized carbons (Fsp3) is 0.200. The molecule has 0 aliphatic heterocycles. The molecule has 0 radical (unpaired) electrons. The molecule has 4 rings (SSSR count). The van der Waals surface area contributed by atoms with Crippen LogP contribution in [0.5, 0.6) is 11.5 Å². The van der Waals surface area contributed by atoms with Crippen LogP contribution in [0.1, 0.15) is 61.1 Å². The van der Waals surface area contributed by atoms with Gasteiger partial charge in [-0.1, -0.05) is 97.8 Å². The van der Waals surface area contributed by atoms with Gasteiger partial charge >= 0.3 is 20.2 Å². The van der Waals surface area contributed by atoms with E-state index >= 15 is 0 Å². The van der Waals surface area contributed by atoms with Crippen LogP contribution in [0.15, 0.2) is 107 Å². The fourth-order valence-corrected chi connectivity index (χ4v) is 6.78. The third-order valence-corrected chi connectivity index (χ3v) is 9.66. The second-order valence-electron chi connectivity index (χ2n) is 10.8. The van der Waals surface area contributed by atoms with Crippen LogP contribution < -0.4 is 8.37 Å². The molecule has 0 unspecified atom stereocenters. The Labute approximate surface area is 255 Å². The molecule has 0 spiro atoms. The van der Waals surface area contributed by atoms with E-state index in [4.69, 9.17) is 8.37 Å². The lowest BCUT2D eigenvalue weighted by Gasteiger charge is -2.31. The lowest BCUT2D eigenvalue weighted by molar-refractivity contribution is 0.484. The molecule has 0 amide bonds. The van der Waals surface area contributed by atoms with Crippen molar-refractivity contribution in [2.45, 2.75) is 56.7 Å². The average molecular weight is 617 g/mol. The van der Waals surface area contributed by atoms with Crippen molar-refractivity contribution in [1.82, 2.24) is 0 Å². The molecular formula is C35H36O6S2. The second kappa shape index (κ2) is 12.6. The smallest absolute Gasteiger partial charge is 0.339 e. The molecule has 0 saturated carbocycles. The van der Waals surface area contributed by atoms with Gasteiger partial charge in [0.05, 0.1) is 0 Å². The molecule has 0 aliphatic carbocycles. The SMILES string of the molecule is CC=Cc1c(OS(=O)(=O)c2ccc(C)cc2)cccc1C(C)(C)c1cccc(OS(=O)(=O)c2ccc(C)cc2)c1C=CC. The van der Waals surface area contributed by atoms with Gasteiger partial charge in [0.2, 0.25) is 0 Å². The van der Waals surface area contributed by atoms with Crippen LogP contribution >= 0.6 is 0 Å². The number of hydrogen-bond acceptors (Lipinski definition) is 6. The molecule has 224 valence electrons. The van der Waals surface area contributed by atoms with E-state index in [0.29, 0.717) is 11.1 Å². The van der Waals surface area contributed by atoms with Gasteiger partial charge in [0.1, 0.15) is 21.3 Å². The van der Waals surface area contributed by atoms with Crippen LogP contribution in [-0.2, 0) is 25.7 Å². The van der Waals surface area contributed by atoms with Gasteiger partial charge in [0, 0.05) is 16.5 Å². The van der Waals surface area contributed by atoms with Crippen molar-refractivity contribution in [3.05, 3.63) is 130 Å². The summed E-state index contributed by atoms with van der Waals surface area (Å²) in [6.45, 7) is 11.4. The van der Waals surface area contributed by atoms with Gasteiger partial charge in [-0.05, 0) is 75.2 Å². The topological polar surface area (TPSA) is 86.7 Å². The highest BCUT2D eigenvalue weighted by atomic mass is 32.2. The normalized spacial score (nSPS) is 12.6. The number of aryl methyl sites for hydroxylation is 2. The van der Waals surface area contributed by atoms with Crippen LogP contribution in [0.3, 0.4) is 0 Å². The molecule has 0 fully saturated rings. The fourth-order valence-electron chi connectivity index (χ4n) is 4.89. The first-order chi connectivity index (χ1) is 20.3. The van der Waals surface area contributed by atoms with E-state index in [1.54, 1.807) is 48.5 Å². The van der Waals surface area contributed by atoms with E-state index in [9.17, 15) is 16.8 Å². The molecule has 6 nitrogen and oxygen atoms in total. The molecule has 0 aliphatic rings. The van der Waals surface area contributed by atoms with Crippen molar-refractivity contribution in [2.24, 2.45) is 0 Å². The van der Waals surface area contributed by atoms with Crippen LogP contribution in [0.2, 0.25) is 0 Å². The summed E-state index contributed by atoms with van der Waals surface area (Å²) >= 11 is 0. The highest BCUT2D eigenvalue weighted by Gasteiger charge is 2.31. The van der Waals surface area contributed by atoms with Gasteiger partial charge in [0.15, 0.2) is 0 Å². The van der Waals surface area contributed by atoms with Gasteiger partial charge in [-0.15, -0.1) is 0 Å². The summed E-state index contributed by atoms with van der Waals surface area (Å²) < 4.78 is 64.3. The first-order valence-corrected chi connectivity index (χ1v) is 16.7. The quantitative estimate of drug-likeness (QED) is 0.167. The number of benzene rings is 4. The Kier molecular flexibility index (Phi) is 9.32. The predicted octanol–water partition coefficient (Wildman–Crippen LogP) is 8.23. The Hall–Kier alpha value is -4.14. The molecule has 0 saturated heterocycles. The highest BCUT2D eigenvalue weighted by Crippen LogP contribution is 2.42. The molecule has 4 aromatic rings. The first kappa shape index (κ1) is 31.8. The van der Waals surface area contributed by atoms with E-state index in [1.807, 2.05) is 78.0 Å². The minimum Gasteiger partial charge on any atom is -0.378 e. The second-order valence-corrected chi connectivity index (χ2v) is 13.9. The van der Waals surface area contributed by atoms with Gasteiger partial charge < -0.3 is 8.37 Å². The zero-order chi connectivity index (χ0) is 31.4. The van der Waals surface area contributed by atoms with E-state index < -0.39 is 25.7 Å². The maximum Gasteiger partial charge on any atom is 0.339 e. The predicted molar refractivity (Wildman–Crippen MR) is 172 cm³/mol. The Morgan fingerprint density at radius 1 is 0.558 bits per heavy atom. The average Bonchev–Trinajstić information content (AvgIpc) is 2.95. The van der Waals surface area contributed by atoms with Crippen molar-refractivity contribution in [3.63, 3.8) is 0 Å². The third kappa shape index (κ3) is 6.92. The first-order valence-electron chi connectivity index (χ1n) is 13.8. The van der Waals surface area contributed by atoms with Crippen molar-refractivity contribution in [2.75, 3.05) is 0 Å². The Morgan fingerprint density at radius 3 is 1.23 bits per heavy atom. The van der Waals surface area contributed by atoms with Crippen molar-refractivity contribution < 1.29 is 25.2 Å². The number of hydrogen-bond donors (Lipinski definition) is 0. The summed E-state index contributed by atoms with van der Waals surface area (Å²) in [6, 6.07) is 23.6. The van der Waals surface area contributed by atoms with E-state index in [-0.39, 0.29) is 21.3 Å². The summed E-state index contributed by atoms with van der Waals surface area (Å²) in [7, 11) is -8.20. The Bertz CT molecular complexity index is 1740. The van der Waals surface area contributed by atoms with Gasteiger partial charge in [-0.3, -0.25) is 0 Å². The van der Waals surface area contributed by atoms with Crippen LogP contribution in [0.25, 0.3) is 12.2 Å². The zero-order valence-corrected chi connectivity index (χ0v) is 26.8. The van der Waals surface area contributed by atoms with Crippen molar-refractivity contribution >= 4 is 32.4 Å². The van der Waals surface area contributed by atoms with Crippen molar-refractivity contribution in [1.29, 1.82) is 0 Å². The maximum absolute atomic E-state index is 13.2. The van der Waals surface area contributed by atoms with E-state index in [1.165, 1.54) is 24.3 Å². The molecule has 4 aromatic carbocycles. The lowest BCUT2D eigenvalue weighted by atomic mass is 9.74. The standard InChI is InChI=1S/C35H36O6S2/c1-7-11-29-31(13-9-15-33(29)40-42(36,37)27-21-17-25(3)18-22-27)35(5,6)32-14-10-16-34(30(32)12-8-2)41-43(38,39)28-23-19-26(4)20-24-28/h7-24H,1-6H3. The molecule has 0 heterocycles. The molecule has 43 heavy (non-hydrogen) atoms. The van der Waals surface area contributed by atoms with E-state index in [0.717, 1.165) is 22.3 Å². The highest BCUT2D eigenvalue weighted by molar-refractivity contribution is 7.87. The number of rotatable bonds is 10. The van der Waals surface area contributed by atoms with Crippen LogP contribution in [-0.4, -0.2) is 16.8 Å². The summed E-state index contributed by atoms with van der Waals surface area (Å²) in [6.07, 6.45) is 7.27. The largest absolute Gasteiger partial charge is 0.378 e. The summed E-state index contributed by atoms with van der Waals surface area (Å²) in [5, 5.41) is 0.